The molecule has 1 saturated carbocycles. The molecule has 18 heavy (non-hydrogen) atoms. The van der Waals surface area contributed by atoms with Crippen LogP contribution in [-0.4, -0.2) is 4.98 Å². The molecule has 1 aliphatic rings. The first kappa shape index (κ1) is 11.3. The van der Waals surface area contributed by atoms with Crippen molar-refractivity contribution in [2.45, 2.75) is 25.8 Å². The largest absolute Gasteiger partial charge is 0.376 e. The fourth-order valence-electron chi connectivity index (χ4n) is 2.35. The van der Waals surface area contributed by atoms with Crippen molar-refractivity contribution in [2.24, 2.45) is 5.92 Å². The molecule has 0 bridgehead atoms. The van der Waals surface area contributed by atoms with Crippen LogP contribution in [0.25, 0.3) is 0 Å². The fourth-order valence-corrected chi connectivity index (χ4v) is 2.35. The number of pyridine rings is 1. The van der Waals surface area contributed by atoms with Crippen molar-refractivity contribution in [1.82, 2.24) is 4.98 Å². The third-order valence-electron chi connectivity index (χ3n) is 3.60. The second kappa shape index (κ2) is 4.81. The lowest BCUT2D eigenvalue weighted by molar-refractivity contribution is 0.678. The van der Waals surface area contributed by atoms with Gasteiger partial charge in [-0.05, 0) is 42.9 Å². The van der Waals surface area contributed by atoms with Crippen molar-refractivity contribution in [3.63, 3.8) is 0 Å². The van der Waals surface area contributed by atoms with E-state index >= 15 is 0 Å². The first-order chi connectivity index (χ1) is 8.84. The highest BCUT2D eigenvalue weighted by Gasteiger charge is 2.32. The molecule has 3 rings (SSSR count). The molecule has 1 atom stereocenters. The average molecular weight is 238 g/mol. The Morgan fingerprint density at radius 3 is 2.61 bits per heavy atom. The smallest absolute Gasteiger partial charge is 0.0561 e. The van der Waals surface area contributed by atoms with Gasteiger partial charge in [-0.3, -0.25) is 4.98 Å². The molecule has 1 fully saturated rings. The minimum Gasteiger partial charge on any atom is -0.376 e. The van der Waals surface area contributed by atoms with E-state index in [0.717, 1.165) is 11.6 Å². The summed E-state index contributed by atoms with van der Waals surface area (Å²) in [7, 11) is 0. The van der Waals surface area contributed by atoms with Gasteiger partial charge >= 0.3 is 0 Å². The summed E-state index contributed by atoms with van der Waals surface area (Å²) >= 11 is 0. The number of aryl methyl sites for hydroxylation is 1. The van der Waals surface area contributed by atoms with Crippen LogP contribution >= 0.6 is 0 Å². The van der Waals surface area contributed by atoms with Gasteiger partial charge in [0, 0.05) is 6.20 Å². The molecule has 0 spiro atoms. The molecule has 2 nitrogen and oxygen atoms in total. The Morgan fingerprint density at radius 2 is 1.94 bits per heavy atom. The lowest BCUT2D eigenvalue weighted by Gasteiger charge is -2.21. The summed E-state index contributed by atoms with van der Waals surface area (Å²) in [5, 5.41) is 3.66. The summed E-state index contributed by atoms with van der Waals surface area (Å²) in [5.41, 5.74) is 3.79. The van der Waals surface area contributed by atoms with Crippen molar-refractivity contribution in [2.75, 3.05) is 5.32 Å². The van der Waals surface area contributed by atoms with Crippen LogP contribution in [0.4, 0.5) is 5.69 Å². The van der Waals surface area contributed by atoms with Crippen LogP contribution in [-0.2, 0) is 0 Å². The van der Waals surface area contributed by atoms with E-state index in [9.17, 15) is 0 Å². The number of anilines is 1. The van der Waals surface area contributed by atoms with Crippen LogP contribution in [0.2, 0.25) is 0 Å². The Bertz CT molecular complexity index is 518. The van der Waals surface area contributed by atoms with Crippen LogP contribution in [0.5, 0.6) is 0 Å². The maximum Gasteiger partial charge on any atom is 0.0561 e. The number of benzene rings is 1. The summed E-state index contributed by atoms with van der Waals surface area (Å²) in [6.45, 7) is 2.12. The van der Waals surface area contributed by atoms with Crippen molar-refractivity contribution in [3.8, 4) is 0 Å². The summed E-state index contributed by atoms with van der Waals surface area (Å²) in [6, 6.07) is 13.2. The first-order valence-electron chi connectivity index (χ1n) is 6.56. The molecule has 1 aromatic heterocycles. The molecule has 2 aromatic rings. The molecule has 0 radical (unpaired) electrons. The van der Waals surface area contributed by atoms with E-state index in [1.165, 1.54) is 24.0 Å². The Morgan fingerprint density at radius 1 is 1.17 bits per heavy atom. The predicted octanol–water partition coefficient (Wildman–Crippen LogP) is 3.95. The van der Waals surface area contributed by atoms with Gasteiger partial charge in [-0.15, -0.1) is 0 Å². The number of nitrogens with one attached hydrogen (secondary N) is 1. The van der Waals surface area contributed by atoms with Crippen LogP contribution in [0.15, 0.2) is 48.8 Å². The Labute approximate surface area is 108 Å². The number of nitrogens with zero attached hydrogens (tertiary/aromatic N) is 1. The quantitative estimate of drug-likeness (QED) is 0.872. The zero-order valence-electron chi connectivity index (χ0n) is 10.6. The second-order valence-corrected chi connectivity index (χ2v) is 5.06. The number of rotatable bonds is 4. The molecule has 1 heterocycles. The maximum atomic E-state index is 4.21. The first-order valence-corrected chi connectivity index (χ1v) is 6.56. The number of hydrogen-bond acceptors (Lipinski definition) is 2. The molecule has 1 aliphatic carbocycles. The van der Waals surface area contributed by atoms with Gasteiger partial charge in [0.25, 0.3) is 0 Å². The molecule has 0 amide bonds. The van der Waals surface area contributed by atoms with Gasteiger partial charge in [-0.2, -0.15) is 0 Å². The van der Waals surface area contributed by atoms with Crippen molar-refractivity contribution >= 4 is 5.69 Å². The van der Waals surface area contributed by atoms with Gasteiger partial charge in [0.2, 0.25) is 0 Å². The van der Waals surface area contributed by atoms with E-state index in [2.05, 4.69) is 53.6 Å². The molecule has 2 heteroatoms. The molecule has 1 N–H and O–H groups in total. The molecular formula is C16H18N2. The monoisotopic (exact) mass is 238 g/mol. The zero-order chi connectivity index (χ0) is 12.4. The van der Waals surface area contributed by atoms with Gasteiger partial charge in [0.05, 0.1) is 17.9 Å². The molecule has 92 valence electrons. The molecule has 0 saturated heterocycles. The minimum absolute atomic E-state index is 0.425. The summed E-state index contributed by atoms with van der Waals surface area (Å²) in [6.07, 6.45) is 6.42. The molecule has 1 aromatic carbocycles. The lowest BCUT2D eigenvalue weighted by Crippen LogP contribution is -2.13. The van der Waals surface area contributed by atoms with Gasteiger partial charge < -0.3 is 5.32 Å². The number of aromatic nitrogens is 1. The fraction of sp³-hybridized carbons (Fsp3) is 0.312. The summed E-state index contributed by atoms with van der Waals surface area (Å²) in [5.74, 6) is 0.770. The topological polar surface area (TPSA) is 24.9 Å². The highest BCUT2D eigenvalue weighted by Crippen LogP contribution is 2.43. The van der Waals surface area contributed by atoms with Gasteiger partial charge in [-0.1, -0.05) is 30.3 Å². The van der Waals surface area contributed by atoms with E-state index in [1.54, 1.807) is 0 Å². The average Bonchev–Trinajstić information content (AvgIpc) is 3.23. The van der Waals surface area contributed by atoms with Crippen LogP contribution in [0.3, 0.4) is 0 Å². The van der Waals surface area contributed by atoms with E-state index in [-0.39, 0.29) is 0 Å². The van der Waals surface area contributed by atoms with Crippen molar-refractivity contribution in [1.29, 1.82) is 0 Å². The summed E-state index contributed by atoms with van der Waals surface area (Å²) < 4.78 is 0. The Balaban J connectivity index is 1.86. The number of hydrogen-bond donors (Lipinski definition) is 1. The molecule has 1 unspecified atom stereocenters. The summed E-state index contributed by atoms with van der Waals surface area (Å²) in [4.78, 5) is 4.21. The van der Waals surface area contributed by atoms with Crippen molar-refractivity contribution in [3.05, 3.63) is 59.9 Å². The standard InChI is InChI=1S/C16H18N2/c1-12-9-10-17-11-15(12)18-16(14-7-8-14)13-5-3-2-4-6-13/h2-6,9-11,14,16,18H,7-8H2,1H3. The third kappa shape index (κ3) is 2.37. The van der Waals surface area contributed by atoms with E-state index in [0.29, 0.717) is 6.04 Å². The maximum absolute atomic E-state index is 4.21. The third-order valence-corrected chi connectivity index (χ3v) is 3.60. The Hall–Kier alpha value is -1.83. The lowest BCUT2D eigenvalue weighted by atomic mass is 10.0. The highest BCUT2D eigenvalue weighted by atomic mass is 15.0. The zero-order valence-corrected chi connectivity index (χ0v) is 10.6. The highest BCUT2D eigenvalue weighted by molar-refractivity contribution is 5.50. The Kier molecular flexibility index (Phi) is 3.01. The van der Waals surface area contributed by atoms with Crippen LogP contribution in [0, 0.1) is 12.8 Å². The van der Waals surface area contributed by atoms with Crippen LogP contribution in [0.1, 0.15) is 30.0 Å². The second-order valence-electron chi connectivity index (χ2n) is 5.06. The normalized spacial score (nSPS) is 16.3. The van der Waals surface area contributed by atoms with Gasteiger partial charge in [-0.25, -0.2) is 0 Å². The SMILES string of the molecule is Cc1ccncc1NC(c1ccccc1)C1CC1. The molecule has 0 aliphatic heterocycles. The van der Waals surface area contributed by atoms with E-state index < -0.39 is 0 Å². The predicted molar refractivity (Wildman–Crippen MR) is 74.5 cm³/mol. The van der Waals surface area contributed by atoms with Crippen molar-refractivity contribution < 1.29 is 0 Å². The minimum atomic E-state index is 0.425. The van der Waals surface area contributed by atoms with Gasteiger partial charge in [0.1, 0.15) is 0 Å². The van der Waals surface area contributed by atoms with Crippen LogP contribution < -0.4 is 5.32 Å². The van der Waals surface area contributed by atoms with Gasteiger partial charge in [0.15, 0.2) is 0 Å². The van der Waals surface area contributed by atoms with E-state index in [4.69, 9.17) is 0 Å². The van der Waals surface area contributed by atoms with E-state index in [1.807, 2.05) is 12.4 Å². The molecular weight excluding hydrogens is 220 g/mol.